The number of urea groups is 1. The lowest BCUT2D eigenvalue weighted by Crippen LogP contribution is -2.31. The summed E-state index contributed by atoms with van der Waals surface area (Å²) in [6, 6.07) is 16.0. The van der Waals surface area contributed by atoms with Crippen LogP contribution in [0.1, 0.15) is 24.2 Å². The highest BCUT2D eigenvalue weighted by Gasteiger charge is 2.19. The maximum Gasteiger partial charge on any atom is 0.324 e. The summed E-state index contributed by atoms with van der Waals surface area (Å²) in [5.74, 6) is 0.517. The molecule has 1 aliphatic rings. The van der Waals surface area contributed by atoms with Gasteiger partial charge in [-0.1, -0.05) is 30.3 Å². The Bertz CT molecular complexity index is 1190. The first kappa shape index (κ1) is 18.4. The lowest BCUT2D eigenvalue weighted by atomic mass is 10.2. The second kappa shape index (κ2) is 7.64. The SMILES string of the molecule is CC1CNCc2cc3ccc(NC(=O)Nc4cnn(Cc5ccccc5)c4)nc3n21. The fraction of sp³-hybridized carbons (Fsp3) is 0.227. The molecular weight excluding hydrogens is 378 g/mol. The molecule has 0 radical (unpaired) electrons. The molecule has 1 aliphatic heterocycles. The van der Waals surface area contributed by atoms with Crippen LogP contribution in [0.5, 0.6) is 0 Å². The molecule has 30 heavy (non-hydrogen) atoms. The Hall–Kier alpha value is -3.65. The molecule has 4 aromatic rings. The number of rotatable bonds is 4. The maximum absolute atomic E-state index is 12.5. The Morgan fingerprint density at radius 1 is 1.20 bits per heavy atom. The summed E-state index contributed by atoms with van der Waals surface area (Å²) >= 11 is 0. The predicted molar refractivity (Wildman–Crippen MR) is 117 cm³/mol. The van der Waals surface area contributed by atoms with Crippen molar-refractivity contribution in [2.24, 2.45) is 0 Å². The van der Waals surface area contributed by atoms with Crippen LogP contribution in [0.25, 0.3) is 11.0 Å². The van der Waals surface area contributed by atoms with Gasteiger partial charge in [-0.15, -0.1) is 0 Å². The van der Waals surface area contributed by atoms with Crippen molar-refractivity contribution in [1.82, 2.24) is 24.6 Å². The zero-order valence-corrected chi connectivity index (χ0v) is 16.7. The average Bonchev–Trinajstić information content (AvgIpc) is 3.33. The number of hydrogen-bond acceptors (Lipinski definition) is 4. The highest BCUT2D eigenvalue weighted by atomic mass is 16.2. The fourth-order valence-electron chi connectivity index (χ4n) is 3.91. The third-order valence-corrected chi connectivity index (χ3v) is 5.27. The number of fused-ring (bicyclic) bond motifs is 3. The van der Waals surface area contributed by atoms with Gasteiger partial charge < -0.3 is 15.2 Å². The summed E-state index contributed by atoms with van der Waals surface area (Å²) in [5, 5.41) is 14.4. The van der Waals surface area contributed by atoms with Crippen LogP contribution in [0.2, 0.25) is 0 Å². The standard InChI is InChI=1S/C22H23N7O/c1-15-10-23-12-19-9-17-7-8-20(26-21(17)29(15)19)27-22(30)25-18-11-24-28(14-18)13-16-5-3-2-4-6-16/h2-9,11,14-15,23H,10,12-13H2,1H3,(H2,25,26,27,30). The van der Waals surface area contributed by atoms with E-state index in [1.54, 1.807) is 17.1 Å². The van der Waals surface area contributed by atoms with Gasteiger partial charge in [0.25, 0.3) is 0 Å². The van der Waals surface area contributed by atoms with Crippen LogP contribution in [-0.2, 0) is 13.1 Å². The average molecular weight is 401 g/mol. The van der Waals surface area contributed by atoms with Gasteiger partial charge in [0, 0.05) is 36.4 Å². The highest BCUT2D eigenvalue weighted by molar-refractivity contribution is 5.99. The number of anilines is 2. The second-order valence-corrected chi connectivity index (χ2v) is 7.59. The zero-order valence-electron chi connectivity index (χ0n) is 16.7. The summed E-state index contributed by atoms with van der Waals surface area (Å²) in [6.45, 7) is 4.55. The first-order valence-electron chi connectivity index (χ1n) is 10.0. The Morgan fingerprint density at radius 2 is 2.07 bits per heavy atom. The molecular formula is C22H23N7O. The Labute approximate surface area is 173 Å². The molecule has 0 aliphatic carbocycles. The number of amides is 2. The number of benzene rings is 1. The van der Waals surface area contributed by atoms with Gasteiger partial charge in [0.1, 0.15) is 11.5 Å². The summed E-state index contributed by atoms with van der Waals surface area (Å²) in [4.78, 5) is 17.1. The maximum atomic E-state index is 12.5. The summed E-state index contributed by atoms with van der Waals surface area (Å²) in [5.41, 5.74) is 3.88. The van der Waals surface area contributed by atoms with E-state index in [1.807, 2.05) is 42.5 Å². The molecule has 4 heterocycles. The molecule has 0 bridgehead atoms. The molecule has 1 atom stereocenters. The van der Waals surface area contributed by atoms with Crippen molar-refractivity contribution in [3.05, 3.63) is 72.2 Å². The van der Waals surface area contributed by atoms with E-state index in [0.717, 1.165) is 29.7 Å². The van der Waals surface area contributed by atoms with Crippen molar-refractivity contribution in [3.63, 3.8) is 0 Å². The molecule has 1 unspecified atom stereocenters. The van der Waals surface area contributed by atoms with Crippen molar-refractivity contribution in [2.45, 2.75) is 26.1 Å². The normalized spacial score (nSPS) is 15.7. The number of pyridine rings is 1. The largest absolute Gasteiger partial charge is 0.324 e. The molecule has 0 spiro atoms. The van der Waals surface area contributed by atoms with Crippen LogP contribution >= 0.6 is 0 Å². The topological polar surface area (TPSA) is 88.8 Å². The third-order valence-electron chi connectivity index (χ3n) is 5.27. The van der Waals surface area contributed by atoms with E-state index >= 15 is 0 Å². The van der Waals surface area contributed by atoms with Crippen molar-refractivity contribution < 1.29 is 4.79 Å². The first-order chi connectivity index (χ1) is 14.7. The summed E-state index contributed by atoms with van der Waals surface area (Å²) in [7, 11) is 0. The smallest absolute Gasteiger partial charge is 0.324 e. The van der Waals surface area contributed by atoms with Gasteiger partial charge in [-0.3, -0.25) is 10.00 Å². The van der Waals surface area contributed by atoms with Crippen molar-refractivity contribution >= 4 is 28.6 Å². The van der Waals surface area contributed by atoms with Crippen LogP contribution in [0.15, 0.2) is 60.9 Å². The Morgan fingerprint density at radius 3 is 2.93 bits per heavy atom. The van der Waals surface area contributed by atoms with Gasteiger partial charge in [-0.05, 0) is 30.7 Å². The molecule has 152 valence electrons. The van der Waals surface area contributed by atoms with Gasteiger partial charge in [-0.2, -0.15) is 5.10 Å². The van der Waals surface area contributed by atoms with Gasteiger partial charge >= 0.3 is 6.03 Å². The second-order valence-electron chi connectivity index (χ2n) is 7.59. The molecule has 0 fully saturated rings. The predicted octanol–water partition coefficient (Wildman–Crippen LogP) is 3.59. The lowest BCUT2D eigenvalue weighted by Gasteiger charge is -2.24. The lowest BCUT2D eigenvalue weighted by molar-refractivity contribution is 0.262. The number of carbonyl (C=O) groups excluding carboxylic acids is 1. The highest BCUT2D eigenvalue weighted by Crippen LogP contribution is 2.26. The Kier molecular flexibility index (Phi) is 4.68. The molecule has 3 N–H and O–H groups in total. The van der Waals surface area contributed by atoms with E-state index in [2.05, 4.69) is 43.6 Å². The monoisotopic (exact) mass is 401 g/mol. The summed E-state index contributed by atoms with van der Waals surface area (Å²) in [6.07, 6.45) is 3.44. The molecule has 5 rings (SSSR count). The van der Waals surface area contributed by atoms with Gasteiger partial charge in [0.15, 0.2) is 0 Å². The third kappa shape index (κ3) is 3.65. The quantitative estimate of drug-likeness (QED) is 0.488. The van der Waals surface area contributed by atoms with Crippen LogP contribution in [0, 0.1) is 0 Å². The van der Waals surface area contributed by atoms with Gasteiger partial charge in [-0.25, -0.2) is 9.78 Å². The van der Waals surface area contributed by atoms with E-state index in [9.17, 15) is 4.79 Å². The number of nitrogens with zero attached hydrogens (tertiary/aromatic N) is 4. The molecule has 2 amide bonds. The minimum Gasteiger partial charge on any atom is -0.324 e. The van der Waals surface area contributed by atoms with Crippen molar-refractivity contribution in [2.75, 3.05) is 17.2 Å². The van der Waals surface area contributed by atoms with Crippen LogP contribution in [0.3, 0.4) is 0 Å². The van der Waals surface area contributed by atoms with Crippen LogP contribution in [-0.4, -0.2) is 31.9 Å². The van der Waals surface area contributed by atoms with Crippen molar-refractivity contribution in [1.29, 1.82) is 0 Å². The fourth-order valence-corrected chi connectivity index (χ4v) is 3.91. The molecule has 0 saturated carbocycles. The minimum absolute atomic E-state index is 0.318. The van der Waals surface area contributed by atoms with Gasteiger partial charge in [0.2, 0.25) is 0 Å². The number of carbonyl (C=O) groups is 1. The molecule has 8 nitrogen and oxygen atoms in total. The van der Waals surface area contributed by atoms with Crippen LogP contribution < -0.4 is 16.0 Å². The van der Waals surface area contributed by atoms with E-state index in [-0.39, 0.29) is 6.03 Å². The van der Waals surface area contributed by atoms with E-state index in [4.69, 9.17) is 0 Å². The molecule has 1 aromatic carbocycles. The number of aromatic nitrogens is 4. The molecule has 0 saturated heterocycles. The molecule has 8 heteroatoms. The molecule has 3 aromatic heterocycles. The first-order valence-corrected chi connectivity index (χ1v) is 10.0. The van der Waals surface area contributed by atoms with E-state index in [0.29, 0.717) is 24.1 Å². The Balaban J connectivity index is 1.28. The number of nitrogens with one attached hydrogen (secondary N) is 3. The summed E-state index contributed by atoms with van der Waals surface area (Å²) < 4.78 is 4.03. The van der Waals surface area contributed by atoms with E-state index < -0.39 is 0 Å². The van der Waals surface area contributed by atoms with Crippen molar-refractivity contribution in [3.8, 4) is 0 Å². The zero-order chi connectivity index (χ0) is 20.5. The van der Waals surface area contributed by atoms with Crippen LogP contribution in [0.4, 0.5) is 16.3 Å². The van der Waals surface area contributed by atoms with E-state index in [1.165, 1.54) is 5.69 Å². The number of hydrogen-bond donors (Lipinski definition) is 3. The minimum atomic E-state index is -0.346. The van der Waals surface area contributed by atoms with Gasteiger partial charge in [0.05, 0.1) is 18.4 Å².